The minimum atomic E-state index is -1.07. The van der Waals surface area contributed by atoms with E-state index >= 15 is 4.39 Å². The van der Waals surface area contributed by atoms with E-state index in [-0.39, 0.29) is 23.5 Å². The van der Waals surface area contributed by atoms with Gasteiger partial charge in [-0.2, -0.15) is 4.68 Å². The largest absolute Gasteiger partial charge is 0.490 e. The molecule has 1 aliphatic carbocycles. The van der Waals surface area contributed by atoms with Crippen molar-refractivity contribution in [1.82, 2.24) is 24.6 Å². The molecule has 1 aromatic carbocycles. The van der Waals surface area contributed by atoms with Gasteiger partial charge in [0, 0.05) is 30.6 Å². The van der Waals surface area contributed by atoms with Crippen LogP contribution in [-0.2, 0) is 13.0 Å². The maximum Gasteiger partial charge on any atom is 0.350 e. The molecular formula is C27H40FN5O3. The number of likely N-dealkylation sites (tertiary alicyclic amines) is 1. The summed E-state index contributed by atoms with van der Waals surface area (Å²) in [6, 6.07) is 3.02. The molecule has 2 fully saturated rings. The van der Waals surface area contributed by atoms with E-state index in [4.69, 9.17) is 4.74 Å². The van der Waals surface area contributed by atoms with Gasteiger partial charge in [-0.3, -0.25) is 9.88 Å². The predicted octanol–water partition coefficient (Wildman–Crippen LogP) is 3.53. The van der Waals surface area contributed by atoms with Gasteiger partial charge < -0.3 is 14.7 Å². The van der Waals surface area contributed by atoms with Crippen LogP contribution in [0.2, 0.25) is 0 Å². The number of rotatable bonds is 7. The van der Waals surface area contributed by atoms with Gasteiger partial charge in [-0.25, -0.2) is 9.18 Å². The van der Waals surface area contributed by atoms with Gasteiger partial charge in [0.05, 0.1) is 6.10 Å². The van der Waals surface area contributed by atoms with Crippen LogP contribution in [0.25, 0.3) is 5.69 Å². The topological polar surface area (TPSA) is 84.5 Å². The quantitative estimate of drug-likeness (QED) is 0.565. The Morgan fingerprint density at radius 2 is 1.83 bits per heavy atom. The van der Waals surface area contributed by atoms with E-state index in [0.29, 0.717) is 36.0 Å². The molecule has 1 aromatic heterocycles. The van der Waals surface area contributed by atoms with Gasteiger partial charge in [-0.15, -0.1) is 5.10 Å². The summed E-state index contributed by atoms with van der Waals surface area (Å²) in [5, 5.41) is 18.9. The first-order chi connectivity index (χ1) is 17.4. The van der Waals surface area contributed by atoms with Gasteiger partial charge in [-0.05, 0) is 77.6 Å². The molecule has 0 spiro atoms. The fourth-order valence-corrected chi connectivity index (χ4v) is 5.98. The molecule has 5 rings (SSSR count). The maximum absolute atomic E-state index is 15.5. The third-order valence-corrected chi connectivity index (χ3v) is 8.31. The highest BCUT2D eigenvalue weighted by Gasteiger charge is 2.28. The molecule has 9 heteroatoms. The zero-order valence-electron chi connectivity index (χ0n) is 21.6. The highest BCUT2D eigenvalue weighted by atomic mass is 19.1. The summed E-state index contributed by atoms with van der Waals surface area (Å²) in [4.78, 5) is 15.3. The summed E-state index contributed by atoms with van der Waals surface area (Å²) < 4.78 is 24.8. The number of aryl methyl sites for hydroxylation is 1. The Morgan fingerprint density at radius 1 is 1.08 bits per heavy atom. The Morgan fingerprint density at radius 3 is 2.56 bits per heavy atom. The molecule has 36 heavy (non-hydrogen) atoms. The number of aromatic nitrogens is 3. The summed E-state index contributed by atoms with van der Waals surface area (Å²) in [6.07, 6.45) is 9.13. The number of nitrogens with zero attached hydrogens (tertiary/aromatic N) is 4. The fourth-order valence-electron chi connectivity index (χ4n) is 5.98. The van der Waals surface area contributed by atoms with E-state index in [2.05, 4.69) is 29.3 Å². The first-order valence-electron chi connectivity index (χ1n) is 13.7. The molecule has 3 aliphatic rings. The van der Waals surface area contributed by atoms with Gasteiger partial charge in [0.1, 0.15) is 29.3 Å². The van der Waals surface area contributed by atoms with Crippen LogP contribution in [0.1, 0.15) is 82.3 Å². The molecule has 1 saturated heterocycles. The smallest absolute Gasteiger partial charge is 0.350 e. The number of aliphatic hydroxyl groups is 1. The molecule has 0 radical (unpaired) electrons. The monoisotopic (exact) mass is 501 g/mol. The van der Waals surface area contributed by atoms with Gasteiger partial charge in [0.15, 0.2) is 0 Å². The lowest BCUT2D eigenvalue weighted by Gasteiger charge is -2.32. The number of piperidine rings is 1. The van der Waals surface area contributed by atoms with Crippen LogP contribution in [0, 0.1) is 11.7 Å². The number of ether oxygens (including phenoxy) is 1. The van der Waals surface area contributed by atoms with E-state index in [1.165, 1.54) is 25.3 Å². The highest BCUT2D eigenvalue weighted by Crippen LogP contribution is 2.34. The number of halogens is 1. The SMILES string of the molecule is C[C@H](Oc1cc(-n2nc3n(c2=O)CCCC3)c(F)cc1C(O)NC1CCN(C)CC1)C1CCCCC1. The van der Waals surface area contributed by atoms with Crippen LogP contribution in [0.3, 0.4) is 0 Å². The van der Waals surface area contributed by atoms with Gasteiger partial charge >= 0.3 is 5.69 Å². The second-order valence-electron chi connectivity index (χ2n) is 10.9. The van der Waals surface area contributed by atoms with Crippen molar-refractivity contribution >= 4 is 0 Å². The van der Waals surface area contributed by atoms with Crippen molar-refractivity contribution in [3.05, 3.63) is 39.8 Å². The summed E-state index contributed by atoms with van der Waals surface area (Å²) in [6.45, 7) is 4.57. The summed E-state index contributed by atoms with van der Waals surface area (Å²) in [5.74, 6) is 0.929. The molecule has 0 amide bonds. The molecular weight excluding hydrogens is 461 g/mol. The second-order valence-corrected chi connectivity index (χ2v) is 10.9. The van der Waals surface area contributed by atoms with Crippen molar-refractivity contribution in [3.63, 3.8) is 0 Å². The zero-order valence-corrected chi connectivity index (χ0v) is 21.6. The molecule has 2 atom stereocenters. The van der Waals surface area contributed by atoms with E-state index < -0.39 is 12.0 Å². The number of aliphatic hydroxyl groups excluding tert-OH is 1. The van der Waals surface area contributed by atoms with E-state index in [1.807, 2.05) is 0 Å². The number of hydrogen-bond donors (Lipinski definition) is 2. The molecule has 2 aromatic rings. The number of nitrogens with one attached hydrogen (secondary N) is 1. The van der Waals surface area contributed by atoms with Gasteiger partial charge in [0.25, 0.3) is 0 Å². The molecule has 0 bridgehead atoms. The van der Waals surface area contributed by atoms with E-state index in [0.717, 1.165) is 56.3 Å². The van der Waals surface area contributed by atoms with Crippen molar-refractivity contribution < 1.29 is 14.2 Å². The van der Waals surface area contributed by atoms with Crippen LogP contribution >= 0.6 is 0 Å². The standard InChI is InChI=1S/C27H40FN5O3/c1-18(19-8-4-3-5-9-19)36-24-17-23(33-27(35)32-13-7-6-10-25(32)30-33)22(28)16-21(24)26(34)29-20-11-14-31(2)15-12-20/h16-20,26,29,34H,3-15H2,1-2H3/t18-,26?/m0/s1. The minimum absolute atomic E-state index is 0.0722. The number of benzene rings is 1. The van der Waals surface area contributed by atoms with Crippen molar-refractivity contribution in [2.24, 2.45) is 5.92 Å². The first kappa shape index (κ1) is 25.4. The fraction of sp³-hybridized carbons (Fsp3) is 0.704. The van der Waals surface area contributed by atoms with Crippen LogP contribution < -0.4 is 15.7 Å². The minimum Gasteiger partial charge on any atom is -0.490 e. The van der Waals surface area contributed by atoms with Crippen LogP contribution in [-0.4, -0.2) is 56.6 Å². The zero-order chi connectivity index (χ0) is 25.2. The Hall–Kier alpha value is -2.23. The summed E-state index contributed by atoms with van der Waals surface area (Å²) in [5.41, 5.74) is 0.116. The van der Waals surface area contributed by atoms with Gasteiger partial charge in [-0.1, -0.05) is 19.3 Å². The van der Waals surface area contributed by atoms with Crippen molar-refractivity contribution in [1.29, 1.82) is 0 Å². The van der Waals surface area contributed by atoms with Crippen LogP contribution in [0.5, 0.6) is 5.75 Å². The summed E-state index contributed by atoms with van der Waals surface area (Å²) in [7, 11) is 2.09. The Labute approximate surface area is 212 Å². The third kappa shape index (κ3) is 5.38. The van der Waals surface area contributed by atoms with E-state index in [9.17, 15) is 9.90 Å². The molecule has 2 N–H and O–H groups in total. The Balaban J connectivity index is 1.47. The first-order valence-corrected chi connectivity index (χ1v) is 13.7. The molecule has 1 saturated carbocycles. The summed E-state index contributed by atoms with van der Waals surface area (Å²) >= 11 is 0. The average Bonchev–Trinajstić information content (AvgIpc) is 3.23. The number of fused-ring (bicyclic) bond motifs is 1. The predicted molar refractivity (Wildman–Crippen MR) is 136 cm³/mol. The number of hydrogen-bond acceptors (Lipinski definition) is 6. The van der Waals surface area contributed by atoms with Crippen molar-refractivity contribution in [2.75, 3.05) is 20.1 Å². The normalized spacial score (nSPS) is 21.8. The molecule has 198 valence electrons. The highest BCUT2D eigenvalue weighted by molar-refractivity contribution is 5.46. The lowest BCUT2D eigenvalue weighted by Crippen LogP contribution is -2.42. The Bertz CT molecular complexity index is 1100. The van der Waals surface area contributed by atoms with Crippen LogP contribution in [0.4, 0.5) is 4.39 Å². The third-order valence-electron chi connectivity index (χ3n) is 8.31. The maximum atomic E-state index is 15.5. The lowest BCUT2D eigenvalue weighted by atomic mass is 9.86. The molecule has 8 nitrogen and oxygen atoms in total. The van der Waals surface area contributed by atoms with Gasteiger partial charge in [0.2, 0.25) is 0 Å². The average molecular weight is 502 g/mol. The van der Waals surface area contributed by atoms with E-state index in [1.54, 1.807) is 10.6 Å². The van der Waals surface area contributed by atoms with Crippen molar-refractivity contribution in [3.8, 4) is 11.4 Å². The molecule has 1 unspecified atom stereocenters. The second kappa shape index (κ2) is 11.0. The molecule has 2 aliphatic heterocycles. The van der Waals surface area contributed by atoms with Crippen molar-refractivity contribution in [2.45, 2.75) is 96.1 Å². The van der Waals surface area contributed by atoms with Crippen LogP contribution in [0.15, 0.2) is 16.9 Å². The lowest BCUT2D eigenvalue weighted by molar-refractivity contribution is 0.0890. The Kier molecular flexibility index (Phi) is 7.79. The molecule has 3 heterocycles.